The van der Waals surface area contributed by atoms with Crippen LogP contribution in [0.5, 0.6) is 0 Å². The van der Waals surface area contributed by atoms with Crippen molar-refractivity contribution in [2.24, 2.45) is 5.41 Å². The van der Waals surface area contributed by atoms with Crippen LogP contribution in [0.3, 0.4) is 0 Å². The topological polar surface area (TPSA) is 36.9 Å². The van der Waals surface area contributed by atoms with Gasteiger partial charge < -0.3 is 18.9 Å². The summed E-state index contributed by atoms with van der Waals surface area (Å²) in [5.74, 6) is 0. The van der Waals surface area contributed by atoms with Crippen LogP contribution in [-0.2, 0) is 18.9 Å². The van der Waals surface area contributed by atoms with Gasteiger partial charge in [0, 0.05) is 5.33 Å². The van der Waals surface area contributed by atoms with Gasteiger partial charge in [0.15, 0.2) is 25.2 Å². The van der Waals surface area contributed by atoms with E-state index in [0.717, 1.165) is 16.2 Å². The molecule has 2 heterocycles. The number of hydrogen-bond acceptors (Lipinski definition) is 4. The van der Waals surface area contributed by atoms with E-state index < -0.39 is 5.41 Å². The standard InChI is InChI=1S/C14H20Br2O4/c1-9(16)8-14(6-4-5-7-15,12-17-10(2)18-12)13-19-11(3)20-13/h4-5,10-13H,1,6-8H2,2-3H3/b5-4+. The zero-order chi connectivity index (χ0) is 14.8. The molecule has 2 fully saturated rings. The second-order valence-electron chi connectivity index (χ2n) is 5.10. The Kier molecular flexibility index (Phi) is 5.85. The van der Waals surface area contributed by atoms with E-state index in [1.165, 1.54) is 0 Å². The van der Waals surface area contributed by atoms with E-state index in [-0.39, 0.29) is 25.2 Å². The highest BCUT2D eigenvalue weighted by Gasteiger charge is 2.56. The van der Waals surface area contributed by atoms with Gasteiger partial charge in [-0.25, -0.2) is 0 Å². The van der Waals surface area contributed by atoms with E-state index in [0.29, 0.717) is 6.42 Å². The van der Waals surface area contributed by atoms with Crippen LogP contribution in [0.4, 0.5) is 0 Å². The van der Waals surface area contributed by atoms with Crippen LogP contribution in [0.25, 0.3) is 0 Å². The molecule has 20 heavy (non-hydrogen) atoms. The smallest absolute Gasteiger partial charge is 0.174 e. The lowest BCUT2D eigenvalue weighted by Gasteiger charge is -2.54. The summed E-state index contributed by atoms with van der Waals surface area (Å²) in [6, 6.07) is 0. The molecule has 0 amide bonds. The summed E-state index contributed by atoms with van der Waals surface area (Å²) in [6.45, 7) is 7.71. The highest BCUT2D eigenvalue weighted by molar-refractivity contribution is 9.11. The van der Waals surface area contributed by atoms with E-state index in [1.54, 1.807) is 0 Å². The molecule has 114 valence electrons. The number of rotatable bonds is 7. The maximum Gasteiger partial charge on any atom is 0.174 e. The van der Waals surface area contributed by atoms with Crippen molar-refractivity contribution in [3.63, 3.8) is 0 Å². The Morgan fingerprint density at radius 2 is 1.60 bits per heavy atom. The molecule has 2 saturated heterocycles. The number of halogens is 2. The normalized spacial score (nSPS) is 36.2. The third kappa shape index (κ3) is 3.54. The van der Waals surface area contributed by atoms with Crippen molar-refractivity contribution in [3.8, 4) is 0 Å². The lowest BCUT2D eigenvalue weighted by Crippen LogP contribution is -2.61. The van der Waals surface area contributed by atoms with Crippen molar-refractivity contribution in [1.29, 1.82) is 0 Å². The first kappa shape index (κ1) is 16.6. The largest absolute Gasteiger partial charge is 0.323 e. The molecule has 6 heteroatoms. The predicted octanol–water partition coefficient (Wildman–Crippen LogP) is 4.05. The Hall–Kier alpha value is 0.280. The van der Waals surface area contributed by atoms with Crippen LogP contribution < -0.4 is 0 Å². The minimum absolute atomic E-state index is 0.180. The number of allylic oxidation sites excluding steroid dienone is 3. The van der Waals surface area contributed by atoms with Crippen LogP contribution in [0.1, 0.15) is 26.7 Å². The van der Waals surface area contributed by atoms with Crippen molar-refractivity contribution in [2.45, 2.75) is 51.8 Å². The molecule has 0 aromatic carbocycles. The van der Waals surface area contributed by atoms with Crippen molar-refractivity contribution < 1.29 is 18.9 Å². The molecule has 0 aliphatic carbocycles. The Morgan fingerprint density at radius 1 is 1.10 bits per heavy atom. The van der Waals surface area contributed by atoms with Gasteiger partial charge in [-0.2, -0.15) is 0 Å². The van der Waals surface area contributed by atoms with Gasteiger partial charge >= 0.3 is 0 Å². The van der Waals surface area contributed by atoms with Crippen molar-refractivity contribution in [2.75, 3.05) is 5.33 Å². The van der Waals surface area contributed by atoms with Gasteiger partial charge in [0.25, 0.3) is 0 Å². The van der Waals surface area contributed by atoms with Crippen LogP contribution in [-0.4, -0.2) is 30.5 Å². The average Bonchev–Trinajstić information content (AvgIpc) is 2.30. The Morgan fingerprint density at radius 3 is 1.95 bits per heavy atom. The highest BCUT2D eigenvalue weighted by atomic mass is 79.9. The fourth-order valence-corrected chi connectivity index (χ4v) is 3.31. The van der Waals surface area contributed by atoms with Gasteiger partial charge in [0.05, 0.1) is 5.41 Å². The molecule has 0 saturated carbocycles. The third-order valence-electron chi connectivity index (χ3n) is 3.47. The summed E-state index contributed by atoms with van der Waals surface area (Å²) >= 11 is 6.83. The molecule has 4 nitrogen and oxygen atoms in total. The Balaban J connectivity index is 2.17. The van der Waals surface area contributed by atoms with E-state index in [2.05, 4.69) is 50.6 Å². The average molecular weight is 412 g/mol. The number of hydrogen-bond donors (Lipinski definition) is 0. The molecular formula is C14H20Br2O4. The van der Waals surface area contributed by atoms with Gasteiger partial charge in [-0.15, -0.1) is 0 Å². The van der Waals surface area contributed by atoms with Crippen LogP contribution in [0.2, 0.25) is 0 Å². The maximum atomic E-state index is 5.74. The van der Waals surface area contributed by atoms with Gasteiger partial charge in [0.2, 0.25) is 0 Å². The fourth-order valence-electron chi connectivity index (χ4n) is 2.52. The second-order valence-corrected chi connectivity index (χ2v) is 6.87. The lowest BCUT2D eigenvalue weighted by atomic mass is 9.77. The van der Waals surface area contributed by atoms with Gasteiger partial charge in [-0.05, 0) is 31.2 Å². The van der Waals surface area contributed by atoms with E-state index in [9.17, 15) is 0 Å². The molecule has 0 bridgehead atoms. The number of alkyl halides is 1. The SMILES string of the molecule is C=C(Br)CC(C/C=C/CBr)(C1OC(C)O1)C1OC(C)O1. The molecule has 0 unspecified atom stereocenters. The molecule has 0 aromatic rings. The minimum Gasteiger partial charge on any atom is -0.323 e. The molecule has 0 radical (unpaired) electrons. The maximum absolute atomic E-state index is 5.74. The summed E-state index contributed by atoms with van der Waals surface area (Å²) in [5.41, 5.74) is -0.418. The van der Waals surface area contributed by atoms with E-state index >= 15 is 0 Å². The summed E-state index contributed by atoms with van der Waals surface area (Å²) < 4.78 is 23.8. The van der Waals surface area contributed by atoms with Crippen LogP contribution in [0.15, 0.2) is 23.2 Å². The monoisotopic (exact) mass is 410 g/mol. The van der Waals surface area contributed by atoms with E-state index in [4.69, 9.17) is 18.9 Å². The number of ether oxygens (including phenoxy) is 4. The summed E-state index contributed by atoms with van der Waals surface area (Å²) in [4.78, 5) is 0. The second kappa shape index (κ2) is 7.03. The lowest BCUT2D eigenvalue weighted by molar-refractivity contribution is -0.480. The molecule has 0 spiro atoms. The summed E-state index contributed by atoms with van der Waals surface area (Å²) in [5, 5.41) is 0.809. The summed E-state index contributed by atoms with van der Waals surface area (Å²) in [6.07, 6.45) is 4.49. The molecule has 0 N–H and O–H groups in total. The Bertz CT molecular complexity index is 355. The highest BCUT2D eigenvalue weighted by Crippen LogP contribution is 2.49. The third-order valence-corrected chi connectivity index (χ3v) is 4.13. The Labute approximate surface area is 136 Å². The van der Waals surface area contributed by atoms with Crippen molar-refractivity contribution >= 4 is 31.9 Å². The van der Waals surface area contributed by atoms with Crippen LogP contribution >= 0.6 is 31.9 Å². The van der Waals surface area contributed by atoms with Crippen molar-refractivity contribution in [1.82, 2.24) is 0 Å². The van der Waals surface area contributed by atoms with Crippen molar-refractivity contribution in [3.05, 3.63) is 23.2 Å². The quantitative estimate of drug-likeness (QED) is 0.467. The van der Waals surface area contributed by atoms with Gasteiger partial charge in [-0.3, -0.25) is 0 Å². The first-order valence-corrected chi connectivity index (χ1v) is 8.55. The van der Waals surface area contributed by atoms with Crippen LogP contribution in [0, 0.1) is 5.41 Å². The fraction of sp³-hybridized carbons (Fsp3) is 0.714. The predicted molar refractivity (Wildman–Crippen MR) is 83.5 cm³/mol. The van der Waals surface area contributed by atoms with Gasteiger partial charge in [0.1, 0.15) is 0 Å². The van der Waals surface area contributed by atoms with E-state index in [1.807, 2.05) is 13.8 Å². The molecule has 0 atom stereocenters. The van der Waals surface area contributed by atoms with Gasteiger partial charge in [-0.1, -0.05) is 50.6 Å². The zero-order valence-corrected chi connectivity index (χ0v) is 14.9. The zero-order valence-electron chi connectivity index (χ0n) is 11.7. The molecule has 2 aliphatic rings. The molecular weight excluding hydrogens is 392 g/mol. The molecule has 2 aliphatic heterocycles. The first-order chi connectivity index (χ1) is 9.48. The molecule has 0 aromatic heterocycles. The summed E-state index contributed by atoms with van der Waals surface area (Å²) in [7, 11) is 0. The molecule has 2 rings (SSSR count). The first-order valence-electron chi connectivity index (χ1n) is 6.64. The minimum atomic E-state index is -0.418.